The molecule has 0 amide bonds. The molecule has 0 aliphatic heterocycles. The van der Waals surface area contributed by atoms with Gasteiger partial charge in [-0.1, -0.05) is 5.92 Å². The molecule has 0 bridgehead atoms. The molecule has 3 heteroatoms. The molecular weight excluding hydrogens is 214 g/mol. The molecule has 0 saturated carbocycles. The maximum atomic E-state index is 11.1. The van der Waals surface area contributed by atoms with Crippen molar-refractivity contribution in [1.29, 1.82) is 5.26 Å². The van der Waals surface area contributed by atoms with Crippen LogP contribution in [0.1, 0.15) is 29.2 Å². The Hall–Kier alpha value is -2.26. The summed E-state index contributed by atoms with van der Waals surface area (Å²) in [6.45, 7) is 5.78. The summed E-state index contributed by atoms with van der Waals surface area (Å²) in [6, 6.07) is 5.59. The van der Waals surface area contributed by atoms with E-state index in [0.29, 0.717) is 12.2 Å². The van der Waals surface area contributed by atoms with Crippen molar-refractivity contribution in [3.63, 3.8) is 0 Å². The van der Waals surface area contributed by atoms with Gasteiger partial charge in [-0.15, -0.1) is 0 Å². The fourth-order valence-electron chi connectivity index (χ4n) is 1.51. The van der Waals surface area contributed by atoms with E-state index in [1.54, 1.807) is 19.1 Å². The van der Waals surface area contributed by atoms with Crippen molar-refractivity contribution in [2.45, 2.75) is 20.8 Å². The standard InChI is InChI=1S/C14H13NO2/c1-4-17-14(16)6-5-13-10(2)7-12(9-15)8-11(13)3/h7-8H,4H2,1-3H3. The lowest BCUT2D eigenvalue weighted by atomic mass is 10.0. The molecule has 0 N–H and O–H groups in total. The van der Waals surface area contributed by atoms with Crippen molar-refractivity contribution in [2.24, 2.45) is 0 Å². The van der Waals surface area contributed by atoms with E-state index in [2.05, 4.69) is 17.9 Å². The second-order valence-corrected chi connectivity index (χ2v) is 3.57. The second kappa shape index (κ2) is 5.72. The molecule has 0 aliphatic rings. The molecular formula is C14H13NO2. The summed E-state index contributed by atoms with van der Waals surface area (Å²) in [5.41, 5.74) is 3.15. The summed E-state index contributed by atoms with van der Waals surface area (Å²) in [5, 5.41) is 8.81. The molecule has 0 aliphatic carbocycles. The Morgan fingerprint density at radius 1 is 1.35 bits per heavy atom. The van der Waals surface area contributed by atoms with Gasteiger partial charge in [0.2, 0.25) is 0 Å². The van der Waals surface area contributed by atoms with Gasteiger partial charge >= 0.3 is 5.97 Å². The van der Waals surface area contributed by atoms with E-state index in [-0.39, 0.29) is 0 Å². The number of nitriles is 1. The van der Waals surface area contributed by atoms with Crippen LogP contribution in [-0.4, -0.2) is 12.6 Å². The zero-order valence-corrected chi connectivity index (χ0v) is 10.1. The lowest BCUT2D eigenvalue weighted by Crippen LogP contribution is -2.00. The summed E-state index contributed by atoms with van der Waals surface area (Å²) in [7, 11) is 0. The van der Waals surface area contributed by atoms with Gasteiger partial charge in [0.05, 0.1) is 18.2 Å². The average molecular weight is 227 g/mol. The van der Waals surface area contributed by atoms with E-state index in [1.807, 2.05) is 13.8 Å². The van der Waals surface area contributed by atoms with E-state index in [9.17, 15) is 4.79 Å². The predicted molar refractivity (Wildman–Crippen MR) is 64.1 cm³/mol. The number of carbonyl (C=O) groups is 1. The topological polar surface area (TPSA) is 50.1 Å². The van der Waals surface area contributed by atoms with Crippen molar-refractivity contribution in [2.75, 3.05) is 6.61 Å². The first-order chi connectivity index (χ1) is 8.08. The average Bonchev–Trinajstić information content (AvgIpc) is 2.28. The van der Waals surface area contributed by atoms with Crippen molar-refractivity contribution >= 4 is 5.97 Å². The Balaban J connectivity index is 3.08. The van der Waals surface area contributed by atoms with Crippen molar-refractivity contribution in [3.05, 3.63) is 34.4 Å². The largest absolute Gasteiger partial charge is 0.456 e. The van der Waals surface area contributed by atoms with Gasteiger partial charge in [0, 0.05) is 11.5 Å². The molecule has 3 nitrogen and oxygen atoms in total. The third-order valence-corrected chi connectivity index (χ3v) is 2.23. The van der Waals surface area contributed by atoms with Crippen LogP contribution in [0.2, 0.25) is 0 Å². The number of aryl methyl sites for hydroxylation is 2. The van der Waals surface area contributed by atoms with E-state index in [1.165, 1.54) is 0 Å². The highest BCUT2D eigenvalue weighted by Gasteiger charge is 2.03. The van der Waals surface area contributed by atoms with Crippen LogP contribution in [0.3, 0.4) is 0 Å². The molecule has 0 radical (unpaired) electrons. The smallest absolute Gasteiger partial charge is 0.384 e. The monoisotopic (exact) mass is 227 g/mol. The molecule has 1 rings (SSSR count). The highest BCUT2D eigenvalue weighted by molar-refractivity contribution is 5.89. The molecule has 0 heterocycles. The number of rotatable bonds is 1. The Bertz CT molecular complexity index is 519. The maximum absolute atomic E-state index is 11.1. The Morgan fingerprint density at radius 3 is 2.41 bits per heavy atom. The Morgan fingerprint density at radius 2 is 1.94 bits per heavy atom. The quantitative estimate of drug-likeness (QED) is 0.545. The van der Waals surface area contributed by atoms with Gasteiger partial charge in [0.25, 0.3) is 0 Å². The van der Waals surface area contributed by atoms with Crippen LogP contribution in [0.5, 0.6) is 0 Å². The number of nitrogens with zero attached hydrogens (tertiary/aromatic N) is 1. The normalized spacial score (nSPS) is 8.82. The SMILES string of the molecule is CCOC(=O)C#Cc1c(C)cc(C#N)cc1C. The number of benzene rings is 1. The highest BCUT2D eigenvalue weighted by atomic mass is 16.5. The van der Waals surface area contributed by atoms with Crippen LogP contribution in [-0.2, 0) is 9.53 Å². The number of hydrogen-bond donors (Lipinski definition) is 0. The van der Waals surface area contributed by atoms with Crippen molar-refractivity contribution in [1.82, 2.24) is 0 Å². The summed E-state index contributed by atoms with van der Waals surface area (Å²) in [4.78, 5) is 11.1. The second-order valence-electron chi connectivity index (χ2n) is 3.57. The molecule has 1 aromatic carbocycles. The summed E-state index contributed by atoms with van der Waals surface area (Å²) in [6.07, 6.45) is 0. The first kappa shape index (κ1) is 12.8. The minimum Gasteiger partial charge on any atom is -0.456 e. The number of carbonyl (C=O) groups excluding carboxylic acids is 1. The zero-order chi connectivity index (χ0) is 12.8. The van der Waals surface area contributed by atoms with Crippen LogP contribution in [0.15, 0.2) is 12.1 Å². The molecule has 17 heavy (non-hydrogen) atoms. The fourth-order valence-corrected chi connectivity index (χ4v) is 1.51. The number of ether oxygens (including phenoxy) is 1. The first-order valence-corrected chi connectivity index (χ1v) is 5.28. The fraction of sp³-hybridized carbons (Fsp3) is 0.286. The van der Waals surface area contributed by atoms with Crippen LogP contribution in [0.4, 0.5) is 0 Å². The first-order valence-electron chi connectivity index (χ1n) is 5.28. The lowest BCUT2D eigenvalue weighted by Gasteiger charge is -2.03. The summed E-state index contributed by atoms with van der Waals surface area (Å²) in [5.74, 6) is 4.68. The maximum Gasteiger partial charge on any atom is 0.384 e. The lowest BCUT2D eigenvalue weighted by molar-refractivity contribution is -0.136. The van der Waals surface area contributed by atoms with E-state index >= 15 is 0 Å². The number of esters is 1. The predicted octanol–water partition coefficient (Wildman–Crippen LogP) is 2.09. The molecule has 0 atom stereocenters. The summed E-state index contributed by atoms with van der Waals surface area (Å²) >= 11 is 0. The molecule has 1 aromatic rings. The number of hydrogen-bond acceptors (Lipinski definition) is 3. The molecule has 0 aromatic heterocycles. The molecule has 0 spiro atoms. The van der Waals surface area contributed by atoms with E-state index in [0.717, 1.165) is 16.7 Å². The van der Waals surface area contributed by atoms with Gasteiger partial charge in [-0.2, -0.15) is 5.26 Å². The highest BCUT2D eigenvalue weighted by Crippen LogP contribution is 2.14. The zero-order valence-electron chi connectivity index (χ0n) is 10.1. The van der Waals surface area contributed by atoms with Gasteiger partial charge in [-0.3, -0.25) is 0 Å². The van der Waals surface area contributed by atoms with Crippen LogP contribution >= 0.6 is 0 Å². The van der Waals surface area contributed by atoms with Crippen LogP contribution < -0.4 is 0 Å². The minimum atomic E-state index is -0.532. The van der Waals surface area contributed by atoms with Gasteiger partial charge in [0.15, 0.2) is 0 Å². The molecule has 86 valence electrons. The Labute approximate surface area is 101 Å². The van der Waals surface area contributed by atoms with Crippen molar-refractivity contribution in [3.8, 4) is 17.9 Å². The van der Waals surface area contributed by atoms with Crippen LogP contribution in [0.25, 0.3) is 0 Å². The van der Waals surface area contributed by atoms with E-state index in [4.69, 9.17) is 10.00 Å². The molecule has 0 saturated heterocycles. The Kier molecular flexibility index (Phi) is 4.31. The van der Waals surface area contributed by atoms with E-state index < -0.39 is 5.97 Å². The van der Waals surface area contributed by atoms with Gasteiger partial charge in [0.1, 0.15) is 0 Å². The minimum absolute atomic E-state index is 0.318. The van der Waals surface area contributed by atoms with Gasteiger partial charge in [-0.25, -0.2) is 4.79 Å². The molecule has 0 unspecified atom stereocenters. The van der Waals surface area contributed by atoms with Crippen LogP contribution in [0, 0.1) is 37.0 Å². The van der Waals surface area contributed by atoms with Crippen molar-refractivity contribution < 1.29 is 9.53 Å². The third-order valence-electron chi connectivity index (χ3n) is 2.23. The van der Waals surface area contributed by atoms with Gasteiger partial charge in [-0.05, 0) is 44.0 Å². The molecule has 0 fully saturated rings. The third kappa shape index (κ3) is 3.36. The van der Waals surface area contributed by atoms with Gasteiger partial charge < -0.3 is 4.74 Å². The summed E-state index contributed by atoms with van der Waals surface area (Å²) < 4.78 is 4.72.